The number of morpholine rings is 1. The van der Waals surface area contributed by atoms with Gasteiger partial charge in [0.1, 0.15) is 4.88 Å². The van der Waals surface area contributed by atoms with E-state index in [1.54, 1.807) is 0 Å². The van der Waals surface area contributed by atoms with E-state index in [-0.39, 0.29) is 12.0 Å². The highest BCUT2D eigenvalue weighted by atomic mass is 32.1. The first kappa shape index (κ1) is 13.4. The third-order valence-electron chi connectivity index (χ3n) is 3.60. The molecule has 5 heteroatoms. The van der Waals surface area contributed by atoms with Gasteiger partial charge in [-0.05, 0) is 30.0 Å². The van der Waals surface area contributed by atoms with Crippen LogP contribution < -0.4 is 0 Å². The average molecular weight is 290 g/mol. The first-order chi connectivity index (χ1) is 9.79. The van der Waals surface area contributed by atoms with Crippen LogP contribution in [0, 0.1) is 0 Å². The number of rotatable bonds is 3. The van der Waals surface area contributed by atoms with Crippen LogP contribution in [0.15, 0.2) is 36.0 Å². The van der Waals surface area contributed by atoms with Gasteiger partial charge in [-0.2, -0.15) is 0 Å². The van der Waals surface area contributed by atoms with Crippen LogP contribution in [-0.4, -0.2) is 41.2 Å². The van der Waals surface area contributed by atoms with Crippen LogP contribution in [0.1, 0.15) is 23.0 Å². The van der Waals surface area contributed by atoms with Crippen molar-refractivity contribution in [1.82, 2.24) is 9.47 Å². The van der Waals surface area contributed by atoms with Crippen LogP contribution in [0.2, 0.25) is 0 Å². The van der Waals surface area contributed by atoms with Crippen LogP contribution in [0.3, 0.4) is 0 Å². The lowest BCUT2D eigenvalue weighted by Gasteiger charge is -2.32. The topological polar surface area (TPSA) is 34.5 Å². The maximum atomic E-state index is 12.7. The van der Waals surface area contributed by atoms with E-state index in [0.29, 0.717) is 19.7 Å². The number of aromatic nitrogens is 1. The van der Waals surface area contributed by atoms with Gasteiger partial charge in [-0.3, -0.25) is 4.79 Å². The molecule has 1 saturated heterocycles. The van der Waals surface area contributed by atoms with Gasteiger partial charge in [0.2, 0.25) is 0 Å². The molecule has 0 aliphatic carbocycles. The summed E-state index contributed by atoms with van der Waals surface area (Å²) in [6, 6.07) is 5.93. The first-order valence-electron chi connectivity index (χ1n) is 6.91. The van der Waals surface area contributed by atoms with E-state index in [1.165, 1.54) is 11.3 Å². The molecule has 0 N–H and O–H groups in total. The van der Waals surface area contributed by atoms with Crippen molar-refractivity contribution in [2.75, 3.05) is 19.7 Å². The standard InChI is InChI=1S/C15H18N2O2S/c1-2-12-11-17(8-9-19-12)15(18)14-13(5-10-20-14)16-6-3-4-7-16/h3-7,10,12H,2,8-9,11H2,1H3/t12-/m0/s1. The smallest absolute Gasteiger partial charge is 0.266 e. The van der Waals surface area contributed by atoms with Gasteiger partial charge in [-0.25, -0.2) is 0 Å². The predicted octanol–water partition coefficient (Wildman–Crippen LogP) is 2.79. The molecule has 106 valence electrons. The number of amides is 1. The van der Waals surface area contributed by atoms with Crippen molar-refractivity contribution in [3.8, 4) is 5.69 Å². The Kier molecular flexibility index (Phi) is 3.89. The second kappa shape index (κ2) is 5.81. The zero-order valence-electron chi connectivity index (χ0n) is 11.5. The minimum atomic E-state index is 0.116. The Morgan fingerprint density at radius 1 is 1.45 bits per heavy atom. The fourth-order valence-electron chi connectivity index (χ4n) is 2.46. The summed E-state index contributed by atoms with van der Waals surface area (Å²) in [6.07, 6.45) is 5.04. The van der Waals surface area contributed by atoms with E-state index in [4.69, 9.17) is 4.74 Å². The summed E-state index contributed by atoms with van der Waals surface area (Å²) in [5.41, 5.74) is 0.963. The Hall–Kier alpha value is -1.59. The Balaban J connectivity index is 1.83. The van der Waals surface area contributed by atoms with Crippen molar-refractivity contribution in [2.45, 2.75) is 19.4 Å². The number of carbonyl (C=O) groups excluding carboxylic acids is 1. The molecular weight excluding hydrogens is 272 g/mol. The molecule has 1 atom stereocenters. The summed E-state index contributed by atoms with van der Waals surface area (Å²) < 4.78 is 7.62. The Morgan fingerprint density at radius 2 is 2.25 bits per heavy atom. The second-order valence-corrected chi connectivity index (χ2v) is 5.79. The molecule has 1 amide bonds. The SMILES string of the molecule is CC[C@H]1CN(C(=O)c2sccc2-n2cccc2)CCO1. The third-order valence-corrected chi connectivity index (χ3v) is 4.49. The number of thiophene rings is 1. The van der Waals surface area contributed by atoms with E-state index < -0.39 is 0 Å². The lowest BCUT2D eigenvalue weighted by Crippen LogP contribution is -2.45. The normalized spacial score (nSPS) is 19.2. The minimum absolute atomic E-state index is 0.116. The Morgan fingerprint density at radius 3 is 3.00 bits per heavy atom. The van der Waals surface area contributed by atoms with Crippen LogP contribution >= 0.6 is 11.3 Å². The molecule has 4 nitrogen and oxygen atoms in total. The number of nitrogens with zero attached hydrogens (tertiary/aromatic N) is 2. The molecule has 1 aliphatic rings. The molecule has 0 unspecified atom stereocenters. The number of ether oxygens (including phenoxy) is 1. The third kappa shape index (κ3) is 2.51. The highest BCUT2D eigenvalue weighted by Gasteiger charge is 2.26. The average Bonchev–Trinajstić information content (AvgIpc) is 3.16. The maximum Gasteiger partial charge on any atom is 0.266 e. The molecule has 3 rings (SSSR count). The molecule has 0 radical (unpaired) electrons. The molecule has 0 aromatic carbocycles. The molecule has 0 bridgehead atoms. The molecule has 0 spiro atoms. The van der Waals surface area contributed by atoms with E-state index in [0.717, 1.165) is 17.0 Å². The molecule has 2 aromatic rings. The van der Waals surface area contributed by atoms with Crippen LogP contribution in [0.25, 0.3) is 5.69 Å². The van der Waals surface area contributed by atoms with Gasteiger partial charge in [0.05, 0.1) is 18.4 Å². The monoisotopic (exact) mass is 290 g/mol. The Bertz CT molecular complexity index is 576. The van der Waals surface area contributed by atoms with E-state index in [9.17, 15) is 4.79 Å². The Labute approximate surface area is 122 Å². The fourth-order valence-corrected chi connectivity index (χ4v) is 3.31. The molecular formula is C15H18N2O2S. The van der Waals surface area contributed by atoms with E-state index in [2.05, 4.69) is 6.92 Å². The van der Waals surface area contributed by atoms with Gasteiger partial charge in [-0.15, -0.1) is 11.3 Å². The zero-order chi connectivity index (χ0) is 13.9. The molecule has 2 aromatic heterocycles. The van der Waals surface area contributed by atoms with Crippen molar-refractivity contribution in [1.29, 1.82) is 0 Å². The summed E-state index contributed by atoms with van der Waals surface area (Å²) in [5.74, 6) is 0.116. The molecule has 0 saturated carbocycles. The van der Waals surface area contributed by atoms with Gasteiger partial charge in [0.25, 0.3) is 5.91 Å². The van der Waals surface area contributed by atoms with Crippen molar-refractivity contribution >= 4 is 17.2 Å². The van der Waals surface area contributed by atoms with Gasteiger partial charge in [0, 0.05) is 25.5 Å². The fraction of sp³-hybridized carbons (Fsp3) is 0.400. The first-order valence-corrected chi connectivity index (χ1v) is 7.79. The summed E-state index contributed by atoms with van der Waals surface area (Å²) in [7, 11) is 0. The molecule has 1 fully saturated rings. The predicted molar refractivity (Wildman–Crippen MR) is 79.6 cm³/mol. The van der Waals surface area contributed by atoms with Crippen molar-refractivity contribution in [3.05, 3.63) is 40.8 Å². The lowest BCUT2D eigenvalue weighted by atomic mass is 10.2. The maximum absolute atomic E-state index is 12.7. The number of hydrogen-bond acceptors (Lipinski definition) is 3. The van der Waals surface area contributed by atoms with Crippen LogP contribution in [-0.2, 0) is 4.74 Å². The quantitative estimate of drug-likeness (QED) is 0.871. The van der Waals surface area contributed by atoms with E-state index in [1.807, 2.05) is 45.4 Å². The van der Waals surface area contributed by atoms with Gasteiger partial charge < -0.3 is 14.2 Å². The zero-order valence-corrected chi connectivity index (χ0v) is 12.3. The summed E-state index contributed by atoms with van der Waals surface area (Å²) in [6.45, 7) is 4.10. The molecule has 3 heterocycles. The lowest BCUT2D eigenvalue weighted by molar-refractivity contribution is -0.0224. The minimum Gasteiger partial charge on any atom is -0.375 e. The highest BCUT2D eigenvalue weighted by molar-refractivity contribution is 7.12. The van der Waals surface area contributed by atoms with Gasteiger partial charge >= 0.3 is 0 Å². The number of hydrogen-bond donors (Lipinski definition) is 0. The van der Waals surface area contributed by atoms with Gasteiger partial charge in [0.15, 0.2) is 0 Å². The summed E-state index contributed by atoms with van der Waals surface area (Å²) in [4.78, 5) is 15.4. The van der Waals surface area contributed by atoms with Crippen molar-refractivity contribution in [2.24, 2.45) is 0 Å². The summed E-state index contributed by atoms with van der Waals surface area (Å²) in [5, 5.41) is 1.97. The van der Waals surface area contributed by atoms with Crippen molar-refractivity contribution < 1.29 is 9.53 Å². The molecule has 20 heavy (non-hydrogen) atoms. The van der Waals surface area contributed by atoms with Crippen molar-refractivity contribution in [3.63, 3.8) is 0 Å². The number of carbonyl (C=O) groups is 1. The van der Waals surface area contributed by atoms with Crippen LogP contribution in [0.4, 0.5) is 0 Å². The highest BCUT2D eigenvalue weighted by Crippen LogP contribution is 2.24. The largest absolute Gasteiger partial charge is 0.375 e. The summed E-state index contributed by atoms with van der Waals surface area (Å²) >= 11 is 1.51. The molecule has 1 aliphatic heterocycles. The van der Waals surface area contributed by atoms with E-state index >= 15 is 0 Å². The second-order valence-electron chi connectivity index (χ2n) is 4.88. The van der Waals surface area contributed by atoms with Gasteiger partial charge in [-0.1, -0.05) is 6.92 Å². The van der Waals surface area contributed by atoms with Crippen LogP contribution in [0.5, 0.6) is 0 Å².